The van der Waals surface area contributed by atoms with Crippen molar-refractivity contribution in [3.05, 3.63) is 71.3 Å². The lowest BCUT2D eigenvalue weighted by atomic mass is 9.95. The van der Waals surface area contributed by atoms with Gasteiger partial charge >= 0.3 is 0 Å². The molecule has 1 aliphatic rings. The van der Waals surface area contributed by atoms with Crippen LogP contribution in [0, 0.1) is 11.8 Å². The van der Waals surface area contributed by atoms with E-state index in [1.54, 1.807) is 0 Å². The molecule has 2 aromatic rings. The minimum Gasteiger partial charge on any atom is -0.375 e. The zero-order valence-electron chi connectivity index (χ0n) is 20.3. The number of sulfonamides is 1. The van der Waals surface area contributed by atoms with Crippen molar-refractivity contribution in [1.82, 2.24) is 0 Å². The van der Waals surface area contributed by atoms with Gasteiger partial charge in [0.15, 0.2) is 0 Å². The minimum absolute atomic E-state index is 0.375. The Hall–Kier alpha value is -2.15. The second kappa shape index (κ2) is 10.9. The second-order valence-electron chi connectivity index (χ2n) is 9.81. The molecule has 0 bridgehead atoms. The first-order valence-electron chi connectivity index (χ1n) is 11.8. The summed E-state index contributed by atoms with van der Waals surface area (Å²) in [5.41, 5.74) is 9.80. The average Bonchev–Trinajstić information content (AvgIpc) is 3.45. The van der Waals surface area contributed by atoms with Crippen molar-refractivity contribution in [2.24, 2.45) is 17.6 Å². The van der Waals surface area contributed by atoms with Gasteiger partial charge in [-0.3, -0.25) is 4.31 Å². The van der Waals surface area contributed by atoms with Crippen LogP contribution in [0.25, 0.3) is 6.08 Å². The topological polar surface area (TPSA) is 72.6 Å². The molecule has 6 heteroatoms. The van der Waals surface area contributed by atoms with Crippen molar-refractivity contribution in [3.8, 4) is 0 Å². The zero-order valence-corrected chi connectivity index (χ0v) is 21.1. The Balaban J connectivity index is 1.75. The van der Waals surface area contributed by atoms with Crippen molar-refractivity contribution >= 4 is 21.8 Å². The van der Waals surface area contributed by atoms with Crippen molar-refractivity contribution < 1.29 is 13.2 Å². The molecule has 1 saturated carbocycles. The van der Waals surface area contributed by atoms with Crippen LogP contribution in [0.1, 0.15) is 50.3 Å². The maximum Gasteiger partial charge on any atom is 0.232 e. The predicted molar refractivity (Wildman–Crippen MR) is 138 cm³/mol. The predicted octanol–water partition coefficient (Wildman–Crippen LogP) is 5.01. The number of nitrogens with two attached hydrogens (primary N) is 1. The van der Waals surface area contributed by atoms with Gasteiger partial charge in [0.2, 0.25) is 10.0 Å². The Bertz CT molecular complexity index is 1050. The van der Waals surface area contributed by atoms with Gasteiger partial charge in [-0.1, -0.05) is 56.3 Å². The third-order valence-corrected chi connectivity index (χ3v) is 7.17. The van der Waals surface area contributed by atoms with Crippen molar-refractivity contribution in [2.75, 3.05) is 23.7 Å². The first kappa shape index (κ1) is 25.5. The Morgan fingerprint density at radius 3 is 2.48 bits per heavy atom. The number of hydrogen-bond acceptors (Lipinski definition) is 4. The lowest BCUT2D eigenvalue weighted by Crippen LogP contribution is -2.43. The molecule has 0 amide bonds. The van der Waals surface area contributed by atoms with E-state index in [1.165, 1.54) is 22.5 Å². The summed E-state index contributed by atoms with van der Waals surface area (Å²) in [6.45, 7) is 7.45. The van der Waals surface area contributed by atoms with Gasteiger partial charge in [0, 0.05) is 12.1 Å². The van der Waals surface area contributed by atoms with Crippen LogP contribution in [0.4, 0.5) is 5.69 Å². The summed E-state index contributed by atoms with van der Waals surface area (Å²) in [6.07, 6.45) is 8.28. The summed E-state index contributed by atoms with van der Waals surface area (Å²) in [7, 11) is -3.37. The third-order valence-electron chi connectivity index (χ3n) is 5.97. The zero-order chi connectivity index (χ0) is 24.1. The van der Waals surface area contributed by atoms with E-state index in [1.807, 2.05) is 44.2 Å². The number of benzene rings is 2. The normalized spacial score (nSPS) is 20.0. The summed E-state index contributed by atoms with van der Waals surface area (Å²) in [6, 6.07) is 16.1. The molecule has 2 unspecified atom stereocenters. The molecule has 180 valence electrons. The highest BCUT2D eigenvalue weighted by molar-refractivity contribution is 7.92. The molecule has 1 aliphatic carbocycles. The van der Waals surface area contributed by atoms with Crippen molar-refractivity contribution in [2.45, 2.75) is 52.2 Å². The lowest BCUT2D eigenvalue weighted by molar-refractivity contribution is 0.0791. The average molecular weight is 471 g/mol. The quantitative estimate of drug-likeness (QED) is 0.473. The van der Waals surface area contributed by atoms with Crippen LogP contribution in [0.15, 0.2) is 54.6 Å². The molecule has 0 heterocycles. The molecule has 1 fully saturated rings. The molecule has 0 radical (unpaired) electrons. The molecule has 3 rings (SSSR count). The first-order valence-corrected chi connectivity index (χ1v) is 13.6. The summed E-state index contributed by atoms with van der Waals surface area (Å²) in [4.78, 5) is 0. The van der Waals surface area contributed by atoms with E-state index < -0.39 is 15.6 Å². The van der Waals surface area contributed by atoms with E-state index in [0.29, 0.717) is 31.4 Å². The van der Waals surface area contributed by atoms with Crippen molar-refractivity contribution in [3.63, 3.8) is 0 Å². The van der Waals surface area contributed by atoms with Gasteiger partial charge in [-0.2, -0.15) is 0 Å². The fourth-order valence-corrected chi connectivity index (χ4v) is 5.08. The maximum absolute atomic E-state index is 12.4. The Morgan fingerprint density at radius 2 is 1.88 bits per heavy atom. The van der Waals surface area contributed by atoms with E-state index in [-0.39, 0.29) is 0 Å². The fourth-order valence-electron chi connectivity index (χ4n) is 4.08. The van der Waals surface area contributed by atoms with Crippen LogP contribution in [0.3, 0.4) is 0 Å². The van der Waals surface area contributed by atoms with E-state index in [4.69, 9.17) is 10.5 Å². The fraction of sp³-hybridized carbons (Fsp3) is 0.481. The molecule has 0 spiro atoms. The van der Waals surface area contributed by atoms with E-state index in [9.17, 15) is 8.42 Å². The summed E-state index contributed by atoms with van der Waals surface area (Å²) in [5, 5.41) is 0. The van der Waals surface area contributed by atoms with E-state index >= 15 is 0 Å². The van der Waals surface area contributed by atoms with Gasteiger partial charge in [-0.15, -0.1) is 0 Å². The molecule has 0 saturated heterocycles. The molecule has 0 aliphatic heterocycles. The summed E-state index contributed by atoms with van der Waals surface area (Å²) < 4.78 is 32.4. The highest BCUT2D eigenvalue weighted by Gasteiger charge is 2.29. The molecule has 5 nitrogen and oxygen atoms in total. The van der Waals surface area contributed by atoms with Crippen LogP contribution in [0.2, 0.25) is 0 Å². The number of allylic oxidation sites excluding steroid dienone is 1. The van der Waals surface area contributed by atoms with E-state index in [2.05, 4.69) is 37.3 Å². The van der Waals surface area contributed by atoms with Gasteiger partial charge in [0.05, 0.1) is 25.2 Å². The van der Waals surface area contributed by atoms with Crippen molar-refractivity contribution in [1.29, 1.82) is 0 Å². The third kappa shape index (κ3) is 7.98. The van der Waals surface area contributed by atoms with Gasteiger partial charge in [0.25, 0.3) is 0 Å². The smallest absolute Gasteiger partial charge is 0.232 e. The Kier molecular flexibility index (Phi) is 8.38. The number of hydrogen-bond donors (Lipinski definition) is 1. The van der Waals surface area contributed by atoms with Crippen LogP contribution in [0.5, 0.6) is 0 Å². The van der Waals surface area contributed by atoms with Crippen LogP contribution < -0.4 is 10.0 Å². The largest absolute Gasteiger partial charge is 0.375 e. The molecule has 33 heavy (non-hydrogen) atoms. The van der Waals surface area contributed by atoms with E-state index in [0.717, 1.165) is 29.9 Å². The van der Waals surface area contributed by atoms with Crippen LogP contribution >= 0.6 is 0 Å². The summed E-state index contributed by atoms with van der Waals surface area (Å²) >= 11 is 0. The first-order chi connectivity index (χ1) is 15.6. The lowest BCUT2D eigenvalue weighted by Gasteiger charge is -2.25. The van der Waals surface area contributed by atoms with Crippen LogP contribution in [-0.4, -0.2) is 33.4 Å². The molecule has 2 N–H and O–H groups in total. The number of rotatable bonds is 12. The van der Waals surface area contributed by atoms with Gasteiger partial charge in [-0.05, 0) is 72.9 Å². The van der Waals surface area contributed by atoms with Crippen LogP contribution in [-0.2, 0) is 27.8 Å². The molecule has 2 aromatic carbocycles. The highest BCUT2D eigenvalue weighted by atomic mass is 32.2. The number of anilines is 1. The Morgan fingerprint density at radius 1 is 1.18 bits per heavy atom. The highest BCUT2D eigenvalue weighted by Crippen LogP contribution is 2.39. The SMILES string of the molecule is CCCN(c1cc(/C=C\C2CC2C)cc(COC[C@](C)(N)Cc2ccccc2)c1)S(C)(=O)=O. The van der Waals surface area contributed by atoms with Gasteiger partial charge < -0.3 is 10.5 Å². The number of nitrogens with zero attached hydrogens (tertiary/aromatic N) is 1. The van der Waals surface area contributed by atoms with Gasteiger partial charge in [0.1, 0.15) is 0 Å². The Labute approximate surface area is 199 Å². The molecule has 0 aromatic heterocycles. The minimum atomic E-state index is -3.37. The maximum atomic E-state index is 12.4. The number of ether oxygens (including phenoxy) is 1. The molecular formula is C27H38N2O3S. The van der Waals surface area contributed by atoms with Gasteiger partial charge in [-0.25, -0.2) is 8.42 Å². The monoisotopic (exact) mass is 470 g/mol. The standard InChI is InChI=1S/C27H38N2O3S/c1-5-13-29(33(4,30)31)26-16-23(11-12-25-14-21(25)2)15-24(17-26)19-32-20-27(3,28)18-22-9-7-6-8-10-22/h6-12,15-17,21,25H,5,13-14,18-20,28H2,1-4H3/b12-11-/t21?,25?,27-/m1/s1. The second-order valence-corrected chi connectivity index (χ2v) is 11.7. The molecule has 3 atom stereocenters. The summed E-state index contributed by atoms with van der Waals surface area (Å²) in [5.74, 6) is 1.35. The molecular weight excluding hydrogens is 432 g/mol.